The highest BCUT2D eigenvalue weighted by Crippen LogP contribution is 2.22. The van der Waals surface area contributed by atoms with Crippen LogP contribution in [0.3, 0.4) is 0 Å². The standard InChI is InChI=1S/C14H13NO3/c16-12-6-4-10(5-7-12)13(14(17)18)9-11-3-1-2-8-15-11/h1-8,13,16H,9H2,(H,17,18). The monoisotopic (exact) mass is 243 g/mol. The van der Waals surface area contributed by atoms with Crippen LogP contribution in [0.4, 0.5) is 0 Å². The predicted molar refractivity (Wildman–Crippen MR) is 66.4 cm³/mol. The molecular formula is C14H13NO3. The summed E-state index contributed by atoms with van der Waals surface area (Å²) in [4.78, 5) is 15.4. The number of rotatable bonds is 4. The summed E-state index contributed by atoms with van der Waals surface area (Å²) in [5.41, 5.74) is 1.39. The summed E-state index contributed by atoms with van der Waals surface area (Å²) in [5.74, 6) is -1.42. The second kappa shape index (κ2) is 5.31. The van der Waals surface area contributed by atoms with E-state index in [1.54, 1.807) is 30.5 Å². The number of carboxylic acid groups (broad SMARTS) is 1. The van der Waals surface area contributed by atoms with E-state index in [2.05, 4.69) is 4.98 Å². The minimum atomic E-state index is -0.897. The molecule has 0 radical (unpaired) electrons. The average Bonchev–Trinajstić information content (AvgIpc) is 2.38. The average molecular weight is 243 g/mol. The Labute approximate surface area is 105 Å². The van der Waals surface area contributed by atoms with Crippen LogP contribution in [0, 0.1) is 0 Å². The maximum absolute atomic E-state index is 11.3. The Kier molecular flexibility index (Phi) is 3.57. The van der Waals surface area contributed by atoms with Crippen LogP contribution in [0.15, 0.2) is 48.7 Å². The van der Waals surface area contributed by atoms with Crippen molar-refractivity contribution in [3.05, 3.63) is 59.9 Å². The maximum Gasteiger partial charge on any atom is 0.311 e. The largest absolute Gasteiger partial charge is 0.508 e. The molecule has 18 heavy (non-hydrogen) atoms. The molecule has 0 bridgehead atoms. The molecular weight excluding hydrogens is 230 g/mol. The Hall–Kier alpha value is -2.36. The molecule has 1 heterocycles. The summed E-state index contributed by atoms with van der Waals surface area (Å²) in [6.07, 6.45) is 1.98. The Bertz CT molecular complexity index is 522. The zero-order valence-electron chi connectivity index (χ0n) is 9.65. The zero-order chi connectivity index (χ0) is 13.0. The molecule has 0 saturated heterocycles. The molecule has 4 nitrogen and oxygen atoms in total. The lowest BCUT2D eigenvalue weighted by Crippen LogP contribution is -2.14. The fourth-order valence-electron chi connectivity index (χ4n) is 1.78. The first-order valence-corrected chi connectivity index (χ1v) is 5.58. The Morgan fingerprint density at radius 1 is 1.17 bits per heavy atom. The number of benzene rings is 1. The van der Waals surface area contributed by atoms with Crippen LogP contribution in [0.1, 0.15) is 17.2 Å². The molecule has 2 N–H and O–H groups in total. The Morgan fingerprint density at radius 3 is 2.44 bits per heavy atom. The van der Waals surface area contributed by atoms with Gasteiger partial charge in [0, 0.05) is 18.3 Å². The van der Waals surface area contributed by atoms with Crippen LogP contribution in [-0.4, -0.2) is 21.2 Å². The number of aliphatic carboxylic acids is 1. The first kappa shape index (κ1) is 12.1. The number of pyridine rings is 1. The number of carboxylic acids is 1. The van der Waals surface area contributed by atoms with Crippen LogP contribution < -0.4 is 0 Å². The maximum atomic E-state index is 11.3. The highest BCUT2D eigenvalue weighted by Gasteiger charge is 2.20. The number of carbonyl (C=O) groups is 1. The third kappa shape index (κ3) is 2.85. The normalized spacial score (nSPS) is 12.0. The summed E-state index contributed by atoms with van der Waals surface area (Å²) in [6.45, 7) is 0. The lowest BCUT2D eigenvalue weighted by Gasteiger charge is -2.12. The number of hydrogen-bond acceptors (Lipinski definition) is 3. The smallest absolute Gasteiger partial charge is 0.311 e. The zero-order valence-corrected chi connectivity index (χ0v) is 9.65. The quantitative estimate of drug-likeness (QED) is 0.863. The van der Waals surface area contributed by atoms with Crippen LogP contribution >= 0.6 is 0 Å². The van der Waals surface area contributed by atoms with E-state index in [0.29, 0.717) is 12.0 Å². The van der Waals surface area contributed by atoms with E-state index in [1.165, 1.54) is 12.1 Å². The fourth-order valence-corrected chi connectivity index (χ4v) is 1.78. The summed E-state index contributed by atoms with van der Waals surface area (Å²) in [6, 6.07) is 11.6. The minimum absolute atomic E-state index is 0.126. The van der Waals surface area contributed by atoms with E-state index >= 15 is 0 Å². The van der Waals surface area contributed by atoms with Crippen molar-refractivity contribution in [2.45, 2.75) is 12.3 Å². The van der Waals surface area contributed by atoms with Crippen LogP contribution in [0.2, 0.25) is 0 Å². The molecule has 2 aromatic rings. The molecule has 0 aliphatic rings. The summed E-state index contributed by atoms with van der Waals surface area (Å²) in [7, 11) is 0. The minimum Gasteiger partial charge on any atom is -0.508 e. The van der Waals surface area contributed by atoms with E-state index in [1.807, 2.05) is 6.07 Å². The van der Waals surface area contributed by atoms with Crippen LogP contribution in [0.5, 0.6) is 5.75 Å². The van der Waals surface area contributed by atoms with Gasteiger partial charge in [-0.05, 0) is 29.8 Å². The molecule has 0 saturated carbocycles. The van der Waals surface area contributed by atoms with E-state index in [4.69, 9.17) is 0 Å². The third-order valence-corrected chi connectivity index (χ3v) is 2.73. The molecule has 1 aromatic carbocycles. The van der Waals surface area contributed by atoms with Crippen molar-refractivity contribution in [3.8, 4) is 5.75 Å². The van der Waals surface area contributed by atoms with Crippen molar-refractivity contribution in [2.75, 3.05) is 0 Å². The summed E-state index contributed by atoms with van der Waals surface area (Å²) in [5, 5.41) is 18.5. The van der Waals surface area contributed by atoms with Gasteiger partial charge in [-0.2, -0.15) is 0 Å². The predicted octanol–water partition coefficient (Wildman–Crippen LogP) is 2.20. The number of phenolic OH excluding ortho intramolecular Hbond substituents is 1. The number of aromatic hydroxyl groups is 1. The highest BCUT2D eigenvalue weighted by molar-refractivity contribution is 5.76. The molecule has 1 aromatic heterocycles. The molecule has 0 amide bonds. The molecule has 0 aliphatic heterocycles. The third-order valence-electron chi connectivity index (χ3n) is 2.73. The van der Waals surface area contributed by atoms with Gasteiger partial charge >= 0.3 is 5.97 Å². The van der Waals surface area contributed by atoms with E-state index in [0.717, 1.165) is 5.69 Å². The lowest BCUT2D eigenvalue weighted by molar-refractivity contribution is -0.138. The lowest BCUT2D eigenvalue weighted by atomic mass is 9.94. The topological polar surface area (TPSA) is 70.4 Å². The van der Waals surface area contributed by atoms with Gasteiger partial charge in [-0.15, -0.1) is 0 Å². The second-order valence-electron chi connectivity index (χ2n) is 4.01. The van der Waals surface area contributed by atoms with Gasteiger partial charge in [0.1, 0.15) is 5.75 Å². The molecule has 2 rings (SSSR count). The molecule has 92 valence electrons. The molecule has 4 heteroatoms. The first-order chi connectivity index (χ1) is 8.66. The van der Waals surface area contributed by atoms with Crippen molar-refractivity contribution in [1.82, 2.24) is 4.98 Å². The van der Waals surface area contributed by atoms with Crippen molar-refractivity contribution in [2.24, 2.45) is 0 Å². The number of nitrogens with zero attached hydrogens (tertiary/aromatic N) is 1. The van der Waals surface area contributed by atoms with E-state index in [9.17, 15) is 15.0 Å². The molecule has 0 aliphatic carbocycles. The van der Waals surface area contributed by atoms with Gasteiger partial charge < -0.3 is 10.2 Å². The highest BCUT2D eigenvalue weighted by atomic mass is 16.4. The van der Waals surface area contributed by atoms with Gasteiger partial charge in [0.2, 0.25) is 0 Å². The van der Waals surface area contributed by atoms with Gasteiger partial charge in [-0.1, -0.05) is 18.2 Å². The van der Waals surface area contributed by atoms with Crippen molar-refractivity contribution in [3.63, 3.8) is 0 Å². The van der Waals surface area contributed by atoms with E-state index < -0.39 is 11.9 Å². The van der Waals surface area contributed by atoms with Crippen molar-refractivity contribution >= 4 is 5.97 Å². The van der Waals surface area contributed by atoms with Gasteiger partial charge in [-0.3, -0.25) is 9.78 Å². The van der Waals surface area contributed by atoms with Gasteiger partial charge in [-0.25, -0.2) is 0 Å². The second-order valence-corrected chi connectivity index (χ2v) is 4.01. The van der Waals surface area contributed by atoms with Gasteiger partial charge in [0.15, 0.2) is 0 Å². The van der Waals surface area contributed by atoms with Crippen LogP contribution in [0.25, 0.3) is 0 Å². The Morgan fingerprint density at radius 2 is 1.89 bits per heavy atom. The van der Waals surface area contributed by atoms with Gasteiger partial charge in [0.05, 0.1) is 5.92 Å². The molecule has 1 unspecified atom stereocenters. The summed E-state index contributed by atoms with van der Waals surface area (Å²) >= 11 is 0. The fraction of sp³-hybridized carbons (Fsp3) is 0.143. The van der Waals surface area contributed by atoms with Gasteiger partial charge in [0.25, 0.3) is 0 Å². The Balaban J connectivity index is 2.24. The first-order valence-electron chi connectivity index (χ1n) is 5.58. The van der Waals surface area contributed by atoms with E-state index in [-0.39, 0.29) is 5.75 Å². The van der Waals surface area contributed by atoms with Crippen LogP contribution in [-0.2, 0) is 11.2 Å². The van der Waals surface area contributed by atoms with Crippen molar-refractivity contribution in [1.29, 1.82) is 0 Å². The number of aromatic nitrogens is 1. The van der Waals surface area contributed by atoms with Crippen molar-refractivity contribution < 1.29 is 15.0 Å². The number of hydrogen-bond donors (Lipinski definition) is 2. The molecule has 0 fully saturated rings. The number of phenols is 1. The summed E-state index contributed by atoms with van der Waals surface area (Å²) < 4.78 is 0. The molecule has 1 atom stereocenters. The SMILES string of the molecule is O=C(O)C(Cc1ccccn1)c1ccc(O)cc1. The molecule has 0 spiro atoms.